The Labute approximate surface area is 120 Å². The Morgan fingerprint density at radius 2 is 1.26 bits per heavy atom. The van der Waals surface area contributed by atoms with Crippen LogP contribution in [0.1, 0.15) is 11.1 Å². The summed E-state index contributed by atoms with van der Waals surface area (Å²) >= 11 is 5.98. The number of benzene rings is 2. The first-order chi connectivity index (χ1) is 9.29. The molecule has 2 rings (SSSR count). The van der Waals surface area contributed by atoms with E-state index in [1.807, 2.05) is 12.1 Å². The third-order valence-corrected chi connectivity index (χ3v) is 3.51. The van der Waals surface area contributed by atoms with E-state index < -0.39 is 0 Å². The Bertz CT molecular complexity index is 428. The molecule has 0 aliphatic carbocycles. The molecule has 0 fully saturated rings. The van der Waals surface area contributed by atoms with Gasteiger partial charge in [0, 0.05) is 25.0 Å². The Morgan fingerprint density at radius 1 is 0.842 bits per heavy atom. The third-order valence-electron chi connectivity index (χ3n) is 3.15. The molecule has 0 saturated carbocycles. The molecular formula is C17H19ClN. The highest BCUT2D eigenvalue weighted by Gasteiger charge is 2.13. The minimum atomic E-state index is 0.113. The first-order valence-electron chi connectivity index (χ1n) is 6.50. The standard InChI is InChI=1S/C17H19ClN/c1-15(12-18)19(13-16-8-4-2-5-9-16)14-17-10-6-3-7-11-17/h2-11,15H,1,12-14H2/t15-/m0/s1. The van der Waals surface area contributed by atoms with Crippen molar-refractivity contribution in [2.75, 3.05) is 5.88 Å². The summed E-state index contributed by atoms with van der Waals surface area (Å²) in [5.41, 5.74) is 2.58. The van der Waals surface area contributed by atoms with Crippen molar-refractivity contribution in [3.05, 3.63) is 78.7 Å². The number of nitrogens with zero attached hydrogens (tertiary/aromatic N) is 1. The second-order valence-corrected chi connectivity index (χ2v) is 4.99. The maximum absolute atomic E-state index is 5.98. The lowest BCUT2D eigenvalue weighted by molar-refractivity contribution is 0.223. The van der Waals surface area contributed by atoms with Crippen LogP contribution in [-0.2, 0) is 13.1 Å². The van der Waals surface area contributed by atoms with E-state index in [2.05, 4.69) is 60.4 Å². The minimum absolute atomic E-state index is 0.113. The maximum Gasteiger partial charge on any atom is 0.0379 e. The first kappa shape index (κ1) is 14.1. The van der Waals surface area contributed by atoms with Gasteiger partial charge in [0.15, 0.2) is 0 Å². The predicted molar refractivity (Wildman–Crippen MR) is 82.0 cm³/mol. The Kier molecular flexibility index (Phi) is 5.44. The van der Waals surface area contributed by atoms with E-state index in [1.54, 1.807) is 0 Å². The third kappa shape index (κ3) is 4.38. The van der Waals surface area contributed by atoms with E-state index in [1.165, 1.54) is 11.1 Å². The highest BCUT2D eigenvalue weighted by atomic mass is 35.5. The number of halogens is 1. The van der Waals surface area contributed by atoms with Crippen LogP contribution in [0.15, 0.2) is 60.7 Å². The van der Waals surface area contributed by atoms with Crippen LogP contribution in [-0.4, -0.2) is 16.8 Å². The maximum atomic E-state index is 5.98. The molecule has 2 aromatic carbocycles. The van der Waals surface area contributed by atoms with Gasteiger partial charge in [0.1, 0.15) is 0 Å². The quantitative estimate of drug-likeness (QED) is 0.715. The van der Waals surface area contributed by atoms with E-state index >= 15 is 0 Å². The number of hydrogen-bond acceptors (Lipinski definition) is 1. The van der Waals surface area contributed by atoms with E-state index in [0.717, 1.165) is 13.1 Å². The van der Waals surface area contributed by atoms with Gasteiger partial charge in [-0.3, -0.25) is 4.90 Å². The van der Waals surface area contributed by atoms with Crippen LogP contribution in [0.25, 0.3) is 0 Å². The summed E-state index contributed by atoms with van der Waals surface area (Å²) in [6, 6.07) is 21.0. The highest BCUT2D eigenvalue weighted by molar-refractivity contribution is 6.18. The smallest absolute Gasteiger partial charge is 0.0379 e. The predicted octanol–water partition coefficient (Wildman–Crippen LogP) is 4.13. The normalized spacial score (nSPS) is 12.6. The second kappa shape index (κ2) is 7.32. The topological polar surface area (TPSA) is 3.24 Å². The SMILES string of the molecule is [CH2][C@@H](CCl)N(Cc1ccccc1)Cc1ccccc1. The highest BCUT2D eigenvalue weighted by Crippen LogP contribution is 2.13. The molecule has 2 aromatic rings. The number of alkyl halides is 1. The van der Waals surface area contributed by atoms with Gasteiger partial charge in [-0.2, -0.15) is 0 Å². The van der Waals surface area contributed by atoms with E-state index in [4.69, 9.17) is 11.6 Å². The molecule has 0 unspecified atom stereocenters. The summed E-state index contributed by atoms with van der Waals surface area (Å²) in [6.45, 7) is 5.89. The number of rotatable bonds is 6. The molecule has 0 heterocycles. The Hall–Kier alpha value is -1.31. The average Bonchev–Trinajstić information content (AvgIpc) is 2.48. The van der Waals surface area contributed by atoms with E-state index in [0.29, 0.717) is 5.88 Å². The fourth-order valence-corrected chi connectivity index (χ4v) is 2.24. The molecule has 1 atom stereocenters. The second-order valence-electron chi connectivity index (χ2n) is 4.68. The van der Waals surface area contributed by atoms with Crippen LogP contribution in [0, 0.1) is 6.92 Å². The summed E-state index contributed by atoms with van der Waals surface area (Å²) in [7, 11) is 0. The molecule has 0 aliphatic rings. The van der Waals surface area contributed by atoms with Crippen LogP contribution >= 0.6 is 11.6 Å². The van der Waals surface area contributed by atoms with Crippen molar-refractivity contribution in [3.8, 4) is 0 Å². The minimum Gasteiger partial charge on any atom is -0.291 e. The summed E-state index contributed by atoms with van der Waals surface area (Å²) in [4.78, 5) is 2.30. The Morgan fingerprint density at radius 3 is 1.63 bits per heavy atom. The molecule has 0 aromatic heterocycles. The molecule has 0 saturated heterocycles. The van der Waals surface area contributed by atoms with Crippen molar-refractivity contribution in [3.63, 3.8) is 0 Å². The van der Waals surface area contributed by atoms with Crippen molar-refractivity contribution >= 4 is 11.6 Å². The summed E-state index contributed by atoms with van der Waals surface area (Å²) < 4.78 is 0. The van der Waals surface area contributed by atoms with Crippen molar-refractivity contribution in [2.24, 2.45) is 0 Å². The molecule has 0 spiro atoms. The zero-order valence-electron chi connectivity index (χ0n) is 11.0. The van der Waals surface area contributed by atoms with Crippen LogP contribution in [0.2, 0.25) is 0 Å². The van der Waals surface area contributed by atoms with Gasteiger partial charge in [0.05, 0.1) is 0 Å². The lowest BCUT2D eigenvalue weighted by Crippen LogP contribution is -2.33. The van der Waals surface area contributed by atoms with Gasteiger partial charge < -0.3 is 0 Å². The molecule has 0 N–H and O–H groups in total. The van der Waals surface area contributed by atoms with E-state index in [9.17, 15) is 0 Å². The van der Waals surface area contributed by atoms with Crippen LogP contribution in [0.3, 0.4) is 0 Å². The summed E-state index contributed by atoms with van der Waals surface area (Å²) in [6.07, 6.45) is 0. The molecular weight excluding hydrogens is 254 g/mol. The molecule has 1 radical (unpaired) electrons. The van der Waals surface area contributed by atoms with Crippen molar-refractivity contribution in [1.82, 2.24) is 4.90 Å². The summed E-state index contributed by atoms with van der Waals surface area (Å²) in [5.74, 6) is 0.541. The Balaban J connectivity index is 2.08. The van der Waals surface area contributed by atoms with Gasteiger partial charge in [0.25, 0.3) is 0 Å². The largest absolute Gasteiger partial charge is 0.291 e. The van der Waals surface area contributed by atoms with Crippen molar-refractivity contribution in [1.29, 1.82) is 0 Å². The van der Waals surface area contributed by atoms with Gasteiger partial charge in [-0.15, -0.1) is 11.6 Å². The molecule has 1 nitrogen and oxygen atoms in total. The van der Waals surface area contributed by atoms with Gasteiger partial charge in [-0.05, 0) is 18.1 Å². The first-order valence-corrected chi connectivity index (χ1v) is 7.04. The summed E-state index contributed by atoms with van der Waals surface area (Å²) in [5, 5.41) is 0. The van der Waals surface area contributed by atoms with Gasteiger partial charge in [0.2, 0.25) is 0 Å². The van der Waals surface area contributed by atoms with Gasteiger partial charge in [-0.1, -0.05) is 60.7 Å². The van der Waals surface area contributed by atoms with E-state index in [-0.39, 0.29) is 6.04 Å². The number of hydrogen-bond donors (Lipinski definition) is 0. The molecule has 0 aliphatic heterocycles. The van der Waals surface area contributed by atoms with Crippen molar-refractivity contribution in [2.45, 2.75) is 19.1 Å². The lowest BCUT2D eigenvalue weighted by Gasteiger charge is -2.27. The molecule has 2 heteroatoms. The van der Waals surface area contributed by atoms with Crippen molar-refractivity contribution < 1.29 is 0 Å². The monoisotopic (exact) mass is 272 g/mol. The molecule has 19 heavy (non-hydrogen) atoms. The van der Waals surface area contributed by atoms with Gasteiger partial charge >= 0.3 is 0 Å². The lowest BCUT2D eigenvalue weighted by atomic mass is 10.1. The molecule has 0 amide bonds. The van der Waals surface area contributed by atoms with Gasteiger partial charge in [-0.25, -0.2) is 0 Å². The van der Waals surface area contributed by atoms with Crippen LogP contribution in [0.5, 0.6) is 0 Å². The van der Waals surface area contributed by atoms with Crippen LogP contribution < -0.4 is 0 Å². The average molecular weight is 273 g/mol. The fourth-order valence-electron chi connectivity index (χ4n) is 2.05. The van der Waals surface area contributed by atoms with Crippen LogP contribution in [0.4, 0.5) is 0 Å². The zero-order valence-corrected chi connectivity index (χ0v) is 11.8. The molecule has 0 bridgehead atoms. The zero-order chi connectivity index (χ0) is 13.5. The molecule has 99 valence electrons. The fraction of sp³-hybridized carbons (Fsp3) is 0.235.